The van der Waals surface area contributed by atoms with Crippen molar-refractivity contribution in [3.63, 3.8) is 0 Å². The maximum absolute atomic E-state index is 13.2. The second-order valence-electron chi connectivity index (χ2n) is 2.90. The summed E-state index contributed by atoms with van der Waals surface area (Å²) < 4.78 is 18.5. The van der Waals surface area contributed by atoms with Crippen LogP contribution in [0.5, 0.6) is 5.75 Å². The van der Waals surface area contributed by atoms with E-state index >= 15 is 0 Å². The van der Waals surface area contributed by atoms with Gasteiger partial charge in [-0.1, -0.05) is 0 Å². The first kappa shape index (κ1) is 7.40. The fourth-order valence-corrected chi connectivity index (χ4v) is 1.33. The molecule has 64 valence electrons. The van der Waals surface area contributed by atoms with Gasteiger partial charge in [-0.15, -0.1) is 0 Å². The van der Waals surface area contributed by atoms with Gasteiger partial charge in [0, 0.05) is 6.54 Å². The van der Waals surface area contributed by atoms with Crippen LogP contribution in [0.15, 0.2) is 12.1 Å². The van der Waals surface area contributed by atoms with E-state index in [0.29, 0.717) is 24.6 Å². The van der Waals surface area contributed by atoms with Crippen LogP contribution in [0.3, 0.4) is 0 Å². The Morgan fingerprint density at radius 3 is 3.17 bits per heavy atom. The first-order valence-corrected chi connectivity index (χ1v) is 3.94. The zero-order valence-electron chi connectivity index (χ0n) is 6.86. The van der Waals surface area contributed by atoms with E-state index in [4.69, 9.17) is 4.74 Å². The van der Waals surface area contributed by atoms with Gasteiger partial charge in [-0.25, -0.2) is 4.39 Å². The average molecular weight is 167 g/mol. The van der Waals surface area contributed by atoms with E-state index in [1.165, 1.54) is 6.07 Å². The van der Waals surface area contributed by atoms with Crippen LogP contribution >= 0.6 is 0 Å². The number of halogens is 1. The molecule has 1 aliphatic heterocycles. The smallest absolute Gasteiger partial charge is 0.150 e. The SMILES string of the molecule is Cc1cc(F)c2c(c1)OCCN2. The molecule has 0 amide bonds. The van der Waals surface area contributed by atoms with Gasteiger partial charge < -0.3 is 10.1 Å². The highest BCUT2D eigenvalue weighted by Crippen LogP contribution is 2.30. The van der Waals surface area contributed by atoms with Crippen molar-refractivity contribution in [3.8, 4) is 5.75 Å². The van der Waals surface area contributed by atoms with Gasteiger partial charge in [0.25, 0.3) is 0 Å². The molecule has 0 atom stereocenters. The van der Waals surface area contributed by atoms with Gasteiger partial charge in [-0.05, 0) is 24.6 Å². The van der Waals surface area contributed by atoms with Crippen molar-refractivity contribution in [2.75, 3.05) is 18.5 Å². The highest BCUT2D eigenvalue weighted by molar-refractivity contribution is 5.59. The van der Waals surface area contributed by atoms with Gasteiger partial charge >= 0.3 is 0 Å². The van der Waals surface area contributed by atoms with Crippen LogP contribution in [0, 0.1) is 12.7 Å². The second-order valence-corrected chi connectivity index (χ2v) is 2.90. The minimum atomic E-state index is -0.232. The molecule has 0 saturated heterocycles. The third-order valence-corrected chi connectivity index (χ3v) is 1.86. The summed E-state index contributed by atoms with van der Waals surface area (Å²) in [7, 11) is 0. The monoisotopic (exact) mass is 167 g/mol. The molecule has 0 radical (unpaired) electrons. The molecule has 0 aliphatic carbocycles. The van der Waals surface area contributed by atoms with Crippen molar-refractivity contribution < 1.29 is 9.13 Å². The largest absolute Gasteiger partial charge is 0.489 e. The Labute approximate surface area is 70.3 Å². The molecule has 1 aromatic carbocycles. The van der Waals surface area contributed by atoms with Crippen LogP contribution in [0.25, 0.3) is 0 Å². The van der Waals surface area contributed by atoms with Crippen LogP contribution < -0.4 is 10.1 Å². The number of fused-ring (bicyclic) bond motifs is 1. The van der Waals surface area contributed by atoms with Gasteiger partial charge in [-0.2, -0.15) is 0 Å². The Balaban J connectivity index is 2.53. The van der Waals surface area contributed by atoms with Crippen LogP contribution in [0.1, 0.15) is 5.56 Å². The maximum atomic E-state index is 13.2. The number of hydrogen-bond acceptors (Lipinski definition) is 2. The molecule has 3 heteroatoms. The van der Waals surface area contributed by atoms with Crippen molar-refractivity contribution in [1.82, 2.24) is 0 Å². The highest BCUT2D eigenvalue weighted by Gasteiger charge is 2.13. The summed E-state index contributed by atoms with van der Waals surface area (Å²) in [6.45, 7) is 3.13. The average Bonchev–Trinajstić information content (AvgIpc) is 2.04. The first-order valence-electron chi connectivity index (χ1n) is 3.94. The molecule has 1 aromatic rings. The minimum Gasteiger partial charge on any atom is -0.489 e. The second kappa shape index (κ2) is 2.66. The molecule has 0 saturated carbocycles. The Morgan fingerprint density at radius 1 is 1.50 bits per heavy atom. The molecule has 1 heterocycles. The Kier molecular flexibility index (Phi) is 1.64. The summed E-state index contributed by atoms with van der Waals surface area (Å²) >= 11 is 0. The lowest BCUT2D eigenvalue weighted by Gasteiger charge is -2.19. The van der Waals surface area contributed by atoms with Crippen LogP contribution in [-0.2, 0) is 0 Å². The third-order valence-electron chi connectivity index (χ3n) is 1.86. The number of ether oxygens (including phenoxy) is 1. The summed E-state index contributed by atoms with van der Waals surface area (Å²) in [5.74, 6) is 0.392. The van der Waals surface area contributed by atoms with E-state index in [9.17, 15) is 4.39 Å². The number of anilines is 1. The summed E-state index contributed by atoms with van der Waals surface area (Å²) in [6.07, 6.45) is 0. The van der Waals surface area contributed by atoms with E-state index in [1.54, 1.807) is 0 Å². The van der Waals surface area contributed by atoms with Crippen molar-refractivity contribution in [3.05, 3.63) is 23.5 Å². The number of aryl methyl sites for hydroxylation is 1. The van der Waals surface area contributed by atoms with Crippen molar-refractivity contribution in [2.45, 2.75) is 6.92 Å². The summed E-state index contributed by atoms with van der Waals surface area (Å²) in [4.78, 5) is 0. The van der Waals surface area contributed by atoms with E-state index in [1.807, 2.05) is 13.0 Å². The lowest BCUT2D eigenvalue weighted by Crippen LogP contribution is -2.19. The normalized spacial score (nSPS) is 14.5. The van der Waals surface area contributed by atoms with Crippen molar-refractivity contribution in [2.24, 2.45) is 0 Å². The van der Waals surface area contributed by atoms with Crippen LogP contribution in [0.4, 0.5) is 10.1 Å². The quantitative estimate of drug-likeness (QED) is 0.637. The molecule has 2 rings (SSSR count). The molecule has 0 aromatic heterocycles. The molecular weight excluding hydrogens is 157 g/mol. The number of benzene rings is 1. The molecular formula is C9H10FNO. The lowest BCUT2D eigenvalue weighted by molar-refractivity contribution is 0.320. The maximum Gasteiger partial charge on any atom is 0.150 e. The topological polar surface area (TPSA) is 21.3 Å². The summed E-state index contributed by atoms with van der Waals surface area (Å²) in [5, 5.41) is 2.96. The van der Waals surface area contributed by atoms with Crippen LogP contribution in [-0.4, -0.2) is 13.2 Å². The summed E-state index contributed by atoms with van der Waals surface area (Å²) in [6, 6.07) is 3.34. The number of hydrogen-bond donors (Lipinski definition) is 1. The van der Waals surface area contributed by atoms with Crippen molar-refractivity contribution >= 4 is 5.69 Å². The van der Waals surface area contributed by atoms with E-state index < -0.39 is 0 Å². The van der Waals surface area contributed by atoms with E-state index in [-0.39, 0.29) is 5.82 Å². The number of nitrogens with one attached hydrogen (secondary N) is 1. The van der Waals surface area contributed by atoms with E-state index in [0.717, 1.165) is 5.56 Å². The molecule has 2 nitrogen and oxygen atoms in total. The van der Waals surface area contributed by atoms with Crippen LogP contribution in [0.2, 0.25) is 0 Å². The Bertz CT molecular complexity index is 312. The van der Waals surface area contributed by atoms with E-state index in [2.05, 4.69) is 5.32 Å². The Hall–Kier alpha value is -1.25. The standard InChI is InChI=1S/C9H10FNO/c1-6-4-7(10)9-8(5-6)12-3-2-11-9/h4-5,11H,2-3H2,1H3. The molecule has 0 bridgehead atoms. The molecule has 0 spiro atoms. The van der Waals surface area contributed by atoms with Gasteiger partial charge in [0.1, 0.15) is 23.9 Å². The molecule has 0 unspecified atom stereocenters. The fourth-order valence-electron chi connectivity index (χ4n) is 1.33. The highest BCUT2D eigenvalue weighted by atomic mass is 19.1. The lowest BCUT2D eigenvalue weighted by atomic mass is 10.2. The molecule has 1 N–H and O–H groups in total. The van der Waals surface area contributed by atoms with Crippen molar-refractivity contribution in [1.29, 1.82) is 0 Å². The molecule has 1 aliphatic rings. The molecule has 12 heavy (non-hydrogen) atoms. The number of rotatable bonds is 0. The zero-order valence-corrected chi connectivity index (χ0v) is 6.86. The van der Waals surface area contributed by atoms with Gasteiger partial charge in [0.2, 0.25) is 0 Å². The first-order chi connectivity index (χ1) is 5.77. The minimum absolute atomic E-state index is 0.232. The van der Waals surface area contributed by atoms with Gasteiger partial charge in [0.05, 0.1) is 0 Å². The summed E-state index contributed by atoms with van der Waals surface area (Å²) in [5.41, 5.74) is 1.38. The zero-order chi connectivity index (χ0) is 8.55. The predicted molar refractivity (Wildman–Crippen MR) is 45.1 cm³/mol. The fraction of sp³-hybridized carbons (Fsp3) is 0.333. The van der Waals surface area contributed by atoms with Gasteiger partial charge in [-0.3, -0.25) is 0 Å². The Morgan fingerprint density at radius 2 is 2.33 bits per heavy atom. The van der Waals surface area contributed by atoms with Gasteiger partial charge in [0.15, 0.2) is 0 Å². The predicted octanol–water partition coefficient (Wildman–Crippen LogP) is 1.94. The molecule has 0 fully saturated rings. The third kappa shape index (κ3) is 1.11.